The molecule has 3 rings (SSSR count). The highest BCUT2D eigenvalue weighted by Crippen LogP contribution is 2.27. The molecule has 1 aliphatic rings. The minimum absolute atomic E-state index is 0. The highest BCUT2D eigenvalue weighted by atomic mass is 127. The van der Waals surface area contributed by atoms with E-state index in [9.17, 15) is 5.11 Å². The van der Waals surface area contributed by atoms with Crippen LogP contribution in [-0.2, 0) is 11.8 Å². The average molecular weight is 526 g/mol. The van der Waals surface area contributed by atoms with E-state index < -0.39 is 6.10 Å². The Morgan fingerprint density at radius 2 is 2.37 bits per heavy atom. The molecule has 2 unspecified atom stereocenters. The van der Waals surface area contributed by atoms with E-state index in [-0.39, 0.29) is 36.6 Å². The van der Waals surface area contributed by atoms with E-state index in [4.69, 9.17) is 16.3 Å². The van der Waals surface area contributed by atoms with Crippen LogP contribution in [0.25, 0.3) is 0 Å². The van der Waals surface area contributed by atoms with E-state index in [1.54, 1.807) is 10.7 Å². The standard InChI is InChI=1S/C17H24ClN5O2S.HI/c1-3-19-17(20-9-13(24)15-4-5-16(18)26-15)23-6-7-25-14(11-23)12-8-21-22(2)10-12;/h4-5,8,10,13-14,24H,3,6-7,9,11H2,1-2H3,(H,19,20);1H. The maximum Gasteiger partial charge on any atom is 0.194 e. The fourth-order valence-corrected chi connectivity index (χ4v) is 3.88. The Hall–Kier alpha value is -0.880. The lowest BCUT2D eigenvalue weighted by atomic mass is 10.1. The van der Waals surface area contributed by atoms with Gasteiger partial charge in [-0.2, -0.15) is 5.10 Å². The van der Waals surface area contributed by atoms with Crippen LogP contribution in [0.15, 0.2) is 29.5 Å². The van der Waals surface area contributed by atoms with Crippen molar-refractivity contribution in [3.63, 3.8) is 0 Å². The fourth-order valence-electron chi connectivity index (χ4n) is 2.85. The summed E-state index contributed by atoms with van der Waals surface area (Å²) >= 11 is 7.32. The number of guanidine groups is 1. The molecule has 2 atom stereocenters. The number of aromatic nitrogens is 2. The van der Waals surface area contributed by atoms with Gasteiger partial charge in [-0.15, -0.1) is 35.3 Å². The number of aliphatic imine (C=N–C) groups is 1. The summed E-state index contributed by atoms with van der Waals surface area (Å²) in [7, 11) is 1.90. The van der Waals surface area contributed by atoms with Crippen LogP contribution in [0.5, 0.6) is 0 Å². The second-order valence-electron chi connectivity index (χ2n) is 6.11. The highest BCUT2D eigenvalue weighted by Gasteiger charge is 2.25. The van der Waals surface area contributed by atoms with Gasteiger partial charge >= 0.3 is 0 Å². The zero-order chi connectivity index (χ0) is 18.5. The second-order valence-corrected chi connectivity index (χ2v) is 7.85. The Morgan fingerprint density at radius 1 is 1.56 bits per heavy atom. The van der Waals surface area contributed by atoms with Gasteiger partial charge in [-0.05, 0) is 19.1 Å². The van der Waals surface area contributed by atoms with Crippen LogP contribution in [0.4, 0.5) is 0 Å². The molecule has 27 heavy (non-hydrogen) atoms. The number of nitrogens with one attached hydrogen (secondary N) is 1. The van der Waals surface area contributed by atoms with Crippen molar-refractivity contribution in [1.29, 1.82) is 0 Å². The zero-order valence-electron chi connectivity index (χ0n) is 15.3. The minimum atomic E-state index is -0.656. The van der Waals surface area contributed by atoms with Gasteiger partial charge in [-0.3, -0.25) is 9.67 Å². The van der Waals surface area contributed by atoms with Gasteiger partial charge in [-0.1, -0.05) is 11.6 Å². The molecule has 10 heteroatoms. The molecule has 0 aliphatic carbocycles. The SMILES string of the molecule is CCNC(=NCC(O)c1ccc(Cl)s1)N1CCOC(c2cnn(C)c2)C1.I. The molecule has 0 aromatic carbocycles. The summed E-state index contributed by atoms with van der Waals surface area (Å²) in [5, 5.41) is 17.9. The quantitative estimate of drug-likeness (QED) is 0.357. The van der Waals surface area contributed by atoms with E-state index in [1.807, 2.05) is 32.4 Å². The predicted octanol–water partition coefficient (Wildman–Crippen LogP) is 2.83. The molecule has 0 amide bonds. The van der Waals surface area contributed by atoms with Crippen molar-refractivity contribution >= 4 is 52.9 Å². The molecule has 0 saturated carbocycles. The number of aliphatic hydroxyl groups is 1. The number of aryl methyl sites for hydroxylation is 1. The van der Waals surface area contributed by atoms with Crippen LogP contribution in [-0.4, -0.2) is 58.5 Å². The summed E-state index contributed by atoms with van der Waals surface area (Å²) in [6.07, 6.45) is 3.11. The summed E-state index contributed by atoms with van der Waals surface area (Å²) in [5.74, 6) is 0.784. The highest BCUT2D eigenvalue weighted by molar-refractivity contribution is 14.0. The largest absolute Gasteiger partial charge is 0.386 e. The molecular formula is C17H25ClIN5O2S. The van der Waals surface area contributed by atoms with Crippen molar-refractivity contribution in [2.45, 2.75) is 19.1 Å². The third-order valence-electron chi connectivity index (χ3n) is 4.13. The van der Waals surface area contributed by atoms with Gasteiger partial charge in [0.1, 0.15) is 12.2 Å². The lowest BCUT2D eigenvalue weighted by Gasteiger charge is -2.35. The molecule has 1 aliphatic heterocycles. The number of hydrogen-bond acceptors (Lipinski definition) is 5. The van der Waals surface area contributed by atoms with Crippen molar-refractivity contribution in [3.8, 4) is 0 Å². The first-order valence-corrected chi connectivity index (χ1v) is 9.83. The topological polar surface area (TPSA) is 74.9 Å². The number of thiophene rings is 1. The average Bonchev–Trinajstić information content (AvgIpc) is 3.27. The normalized spacial score (nSPS) is 18.9. The van der Waals surface area contributed by atoms with Gasteiger partial charge in [-0.25, -0.2) is 0 Å². The van der Waals surface area contributed by atoms with Crippen LogP contribution in [0, 0.1) is 0 Å². The van der Waals surface area contributed by atoms with Crippen LogP contribution in [0.1, 0.15) is 29.6 Å². The van der Waals surface area contributed by atoms with Crippen molar-refractivity contribution in [2.24, 2.45) is 12.0 Å². The number of aliphatic hydroxyl groups excluding tert-OH is 1. The molecule has 0 bridgehead atoms. The molecule has 2 aromatic heterocycles. The molecule has 7 nitrogen and oxygen atoms in total. The lowest BCUT2D eigenvalue weighted by Crippen LogP contribution is -2.48. The Kier molecular flexibility index (Phi) is 8.80. The fraction of sp³-hybridized carbons (Fsp3) is 0.529. The number of rotatable bonds is 5. The monoisotopic (exact) mass is 525 g/mol. The molecule has 0 spiro atoms. The van der Waals surface area contributed by atoms with Gasteiger partial charge < -0.3 is 20.1 Å². The first kappa shape index (κ1) is 22.4. The van der Waals surface area contributed by atoms with Crippen LogP contribution in [0.3, 0.4) is 0 Å². The molecule has 2 aromatic rings. The lowest BCUT2D eigenvalue weighted by molar-refractivity contribution is -0.00810. The molecule has 150 valence electrons. The Bertz CT molecular complexity index is 753. The Morgan fingerprint density at radius 3 is 3.00 bits per heavy atom. The first-order chi connectivity index (χ1) is 12.6. The zero-order valence-corrected chi connectivity index (χ0v) is 19.2. The van der Waals surface area contributed by atoms with Gasteiger partial charge in [0.15, 0.2) is 5.96 Å². The van der Waals surface area contributed by atoms with Crippen molar-refractivity contribution in [3.05, 3.63) is 39.3 Å². The summed E-state index contributed by atoms with van der Waals surface area (Å²) in [6.45, 7) is 5.14. The second kappa shape index (κ2) is 10.6. The number of hydrogen-bond donors (Lipinski definition) is 2. The maximum absolute atomic E-state index is 10.3. The third kappa shape index (κ3) is 6.05. The number of halogens is 2. The van der Waals surface area contributed by atoms with Crippen LogP contribution in [0.2, 0.25) is 4.34 Å². The number of nitrogens with zero attached hydrogens (tertiary/aromatic N) is 4. The van der Waals surface area contributed by atoms with Gasteiger partial charge in [0.25, 0.3) is 0 Å². The van der Waals surface area contributed by atoms with Crippen LogP contribution < -0.4 is 5.32 Å². The first-order valence-electron chi connectivity index (χ1n) is 8.63. The van der Waals surface area contributed by atoms with Crippen molar-refractivity contribution < 1.29 is 9.84 Å². The number of morpholine rings is 1. The van der Waals surface area contributed by atoms with Gasteiger partial charge in [0, 0.05) is 36.8 Å². The summed E-state index contributed by atoms with van der Waals surface area (Å²) in [5.41, 5.74) is 1.06. The smallest absolute Gasteiger partial charge is 0.194 e. The van der Waals surface area contributed by atoms with Gasteiger partial charge in [0.05, 0.1) is 30.2 Å². The summed E-state index contributed by atoms with van der Waals surface area (Å²) in [4.78, 5) is 7.61. The molecule has 0 radical (unpaired) electrons. The van der Waals surface area contributed by atoms with Crippen LogP contribution >= 0.6 is 46.9 Å². The Balaban J connectivity index is 0.00000261. The summed E-state index contributed by atoms with van der Waals surface area (Å²) < 4.78 is 8.34. The van der Waals surface area contributed by atoms with Crippen molar-refractivity contribution in [1.82, 2.24) is 20.0 Å². The predicted molar refractivity (Wildman–Crippen MR) is 119 cm³/mol. The third-order valence-corrected chi connectivity index (χ3v) is 5.47. The summed E-state index contributed by atoms with van der Waals surface area (Å²) in [6, 6.07) is 3.63. The molecule has 1 fully saturated rings. The van der Waals surface area contributed by atoms with Gasteiger partial charge in [0.2, 0.25) is 0 Å². The van der Waals surface area contributed by atoms with E-state index in [0.29, 0.717) is 17.5 Å². The molecule has 2 N–H and O–H groups in total. The van der Waals surface area contributed by atoms with E-state index in [2.05, 4.69) is 20.3 Å². The minimum Gasteiger partial charge on any atom is -0.386 e. The Labute approximate surface area is 185 Å². The maximum atomic E-state index is 10.3. The number of ether oxygens (including phenoxy) is 1. The molecule has 3 heterocycles. The van der Waals surface area contributed by atoms with E-state index >= 15 is 0 Å². The molecule has 1 saturated heterocycles. The van der Waals surface area contributed by atoms with Crippen molar-refractivity contribution in [2.75, 3.05) is 32.8 Å². The van der Waals surface area contributed by atoms with E-state index in [0.717, 1.165) is 29.5 Å². The molecular weight excluding hydrogens is 501 g/mol. The van der Waals surface area contributed by atoms with E-state index in [1.165, 1.54) is 11.3 Å².